The molecule has 0 saturated heterocycles. The largest absolute Gasteiger partial charge is 0.489 e. The van der Waals surface area contributed by atoms with Gasteiger partial charge < -0.3 is 4.74 Å². The van der Waals surface area contributed by atoms with Crippen LogP contribution in [0.5, 0.6) is 5.75 Å². The van der Waals surface area contributed by atoms with Crippen LogP contribution in [0.2, 0.25) is 0 Å². The third kappa shape index (κ3) is 5.53. The Morgan fingerprint density at radius 2 is 1.19 bits per heavy atom. The molecule has 0 aliphatic heterocycles. The van der Waals surface area contributed by atoms with Crippen molar-refractivity contribution in [1.82, 2.24) is 20.4 Å². The van der Waals surface area contributed by atoms with E-state index < -0.39 is 5.92 Å². The summed E-state index contributed by atoms with van der Waals surface area (Å²) in [6.07, 6.45) is 0. The number of aryl methyl sites for hydroxylation is 2. The lowest BCUT2D eigenvalue weighted by atomic mass is 9.83. The topological polar surface area (TPSA) is 107 Å². The SMILES string of the molecule is Cc1ccc(-c2[nH][nH]c(=O)c2C(c2cccc(OCc3ccc(Br)cc3)c2)c2c(-c3ccc(C)cc3)[nH][nH]c2=O)cc1. The van der Waals surface area contributed by atoms with Gasteiger partial charge in [-0.05, 0) is 60.4 Å². The molecule has 0 atom stereocenters. The number of ether oxygens (including phenoxy) is 1. The van der Waals surface area contributed by atoms with Crippen LogP contribution in [0.3, 0.4) is 0 Å². The highest BCUT2D eigenvalue weighted by Gasteiger charge is 2.31. The molecular formula is C34H29BrN4O3. The van der Waals surface area contributed by atoms with Crippen LogP contribution in [0.25, 0.3) is 22.5 Å². The lowest BCUT2D eigenvalue weighted by Gasteiger charge is -2.19. The first-order valence-electron chi connectivity index (χ1n) is 13.6. The minimum absolute atomic E-state index is 0.299. The van der Waals surface area contributed by atoms with Gasteiger partial charge in [-0.1, -0.05) is 99.9 Å². The molecule has 0 aliphatic carbocycles. The second kappa shape index (κ2) is 11.6. The van der Waals surface area contributed by atoms with Crippen LogP contribution in [-0.2, 0) is 6.61 Å². The van der Waals surface area contributed by atoms with Gasteiger partial charge in [-0.25, -0.2) is 0 Å². The van der Waals surface area contributed by atoms with E-state index in [-0.39, 0.29) is 11.1 Å². The maximum Gasteiger partial charge on any atom is 0.268 e. The molecule has 4 aromatic carbocycles. The highest BCUT2D eigenvalue weighted by atomic mass is 79.9. The summed E-state index contributed by atoms with van der Waals surface area (Å²) in [6.45, 7) is 4.40. The molecule has 0 spiro atoms. The molecule has 7 nitrogen and oxygen atoms in total. The molecule has 0 saturated carbocycles. The molecule has 0 aliphatic rings. The van der Waals surface area contributed by atoms with E-state index in [1.165, 1.54) is 0 Å². The van der Waals surface area contributed by atoms with Crippen molar-refractivity contribution in [2.24, 2.45) is 0 Å². The van der Waals surface area contributed by atoms with Crippen molar-refractivity contribution < 1.29 is 4.74 Å². The summed E-state index contributed by atoms with van der Waals surface area (Å²) in [5, 5.41) is 11.7. The summed E-state index contributed by atoms with van der Waals surface area (Å²) in [6, 6.07) is 31.4. The number of H-pyrrole nitrogens is 4. The molecular weight excluding hydrogens is 592 g/mol. The number of aromatic amines is 4. The summed E-state index contributed by atoms with van der Waals surface area (Å²) in [4.78, 5) is 27.1. The molecule has 0 radical (unpaired) electrons. The van der Waals surface area contributed by atoms with E-state index in [1.54, 1.807) is 0 Å². The molecule has 4 N–H and O–H groups in total. The molecule has 6 aromatic rings. The van der Waals surface area contributed by atoms with Crippen LogP contribution in [-0.4, -0.2) is 20.4 Å². The minimum Gasteiger partial charge on any atom is -0.489 e. The van der Waals surface area contributed by atoms with Gasteiger partial charge in [0, 0.05) is 10.4 Å². The van der Waals surface area contributed by atoms with Gasteiger partial charge in [0.15, 0.2) is 0 Å². The zero-order valence-corrected chi connectivity index (χ0v) is 24.7. The van der Waals surface area contributed by atoms with Gasteiger partial charge in [-0.15, -0.1) is 0 Å². The molecule has 0 fully saturated rings. The lowest BCUT2D eigenvalue weighted by Crippen LogP contribution is -2.20. The maximum atomic E-state index is 13.6. The standard InChI is InChI=1S/C34H29BrN4O3/c1-20-6-12-23(13-7-20)31-29(33(40)38-36-31)28(30-32(37-39-34(30)41)24-14-8-21(2)9-15-24)25-4-3-5-27(18-25)42-19-22-10-16-26(35)17-11-22/h3-18,28H,19H2,1-2H3,(H2,36,38,40)(H2,37,39,41). The fourth-order valence-electron chi connectivity index (χ4n) is 5.19. The Labute approximate surface area is 250 Å². The molecule has 0 amide bonds. The highest BCUT2D eigenvalue weighted by molar-refractivity contribution is 9.10. The van der Waals surface area contributed by atoms with Gasteiger partial charge in [0.1, 0.15) is 12.4 Å². The van der Waals surface area contributed by atoms with Gasteiger partial charge in [-0.3, -0.25) is 30.0 Å². The van der Waals surface area contributed by atoms with Gasteiger partial charge in [0.05, 0.1) is 22.5 Å². The Balaban J connectivity index is 1.51. The van der Waals surface area contributed by atoms with Gasteiger partial charge >= 0.3 is 0 Å². The maximum absolute atomic E-state index is 13.6. The van der Waals surface area contributed by atoms with E-state index in [1.807, 2.05) is 111 Å². The number of aromatic nitrogens is 4. The predicted molar refractivity (Wildman–Crippen MR) is 169 cm³/mol. The van der Waals surface area contributed by atoms with Crippen molar-refractivity contribution >= 4 is 15.9 Å². The van der Waals surface area contributed by atoms with Crippen molar-refractivity contribution in [1.29, 1.82) is 0 Å². The Kier molecular flexibility index (Phi) is 7.54. The second-order valence-electron chi connectivity index (χ2n) is 10.4. The first-order chi connectivity index (χ1) is 20.4. The summed E-state index contributed by atoms with van der Waals surface area (Å²) in [5.41, 5.74) is 7.21. The Morgan fingerprint density at radius 3 is 1.71 bits per heavy atom. The van der Waals surface area contributed by atoms with Crippen molar-refractivity contribution in [3.8, 4) is 28.3 Å². The quantitative estimate of drug-likeness (QED) is 0.145. The summed E-state index contributed by atoms with van der Waals surface area (Å²) < 4.78 is 7.17. The number of nitrogens with one attached hydrogen (secondary N) is 4. The molecule has 8 heteroatoms. The Morgan fingerprint density at radius 1 is 0.667 bits per heavy atom. The van der Waals surface area contributed by atoms with Crippen molar-refractivity contribution in [2.45, 2.75) is 26.4 Å². The van der Waals surface area contributed by atoms with E-state index >= 15 is 0 Å². The zero-order chi connectivity index (χ0) is 29.2. The average molecular weight is 622 g/mol. The first-order valence-corrected chi connectivity index (χ1v) is 14.4. The fourth-order valence-corrected chi connectivity index (χ4v) is 5.45. The second-order valence-corrected chi connectivity index (χ2v) is 11.3. The van der Waals surface area contributed by atoms with Crippen LogP contribution in [0.1, 0.15) is 39.3 Å². The van der Waals surface area contributed by atoms with E-state index in [0.29, 0.717) is 34.9 Å². The van der Waals surface area contributed by atoms with Crippen LogP contribution in [0.15, 0.2) is 111 Å². The van der Waals surface area contributed by atoms with E-state index in [4.69, 9.17) is 4.74 Å². The van der Waals surface area contributed by atoms with Crippen molar-refractivity contribution in [2.75, 3.05) is 0 Å². The van der Waals surface area contributed by atoms with Crippen LogP contribution in [0, 0.1) is 13.8 Å². The minimum atomic E-state index is -0.709. The van der Waals surface area contributed by atoms with Crippen molar-refractivity contribution in [3.63, 3.8) is 0 Å². The van der Waals surface area contributed by atoms with Crippen LogP contribution < -0.4 is 15.9 Å². The highest BCUT2D eigenvalue weighted by Crippen LogP contribution is 2.38. The Bertz CT molecular complexity index is 1850. The van der Waals surface area contributed by atoms with Gasteiger partial charge in [-0.2, -0.15) is 0 Å². The van der Waals surface area contributed by atoms with Gasteiger partial charge in [0.25, 0.3) is 11.1 Å². The van der Waals surface area contributed by atoms with E-state index in [9.17, 15) is 9.59 Å². The lowest BCUT2D eigenvalue weighted by molar-refractivity contribution is 0.306. The van der Waals surface area contributed by atoms with E-state index in [0.717, 1.165) is 37.9 Å². The molecule has 2 heterocycles. The number of hydrogen-bond donors (Lipinski definition) is 4. The van der Waals surface area contributed by atoms with Gasteiger partial charge in [0.2, 0.25) is 0 Å². The molecule has 6 rings (SSSR count). The molecule has 210 valence electrons. The molecule has 2 aromatic heterocycles. The Hall–Kier alpha value is -4.82. The number of benzene rings is 4. The fraction of sp³-hybridized carbons (Fsp3) is 0.118. The third-order valence-corrected chi connectivity index (χ3v) is 7.93. The van der Waals surface area contributed by atoms with E-state index in [2.05, 4.69) is 36.3 Å². The van der Waals surface area contributed by atoms with Crippen molar-refractivity contribution in [3.05, 3.63) is 156 Å². The summed E-state index contributed by atoms with van der Waals surface area (Å²) in [5.74, 6) is -0.0769. The normalized spacial score (nSPS) is 11.2. The monoisotopic (exact) mass is 620 g/mol. The molecule has 0 bridgehead atoms. The average Bonchev–Trinajstić information content (AvgIpc) is 3.57. The predicted octanol–water partition coefficient (Wildman–Crippen LogP) is 7.19. The summed E-state index contributed by atoms with van der Waals surface area (Å²) >= 11 is 3.47. The smallest absolute Gasteiger partial charge is 0.268 e. The molecule has 42 heavy (non-hydrogen) atoms. The zero-order valence-electron chi connectivity index (χ0n) is 23.1. The number of halogens is 1. The number of rotatable bonds is 8. The number of hydrogen-bond acceptors (Lipinski definition) is 3. The van der Waals surface area contributed by atoms with Crippen LogP contribution in [0.4, 0.5) is 0 Å². The van der Waals surface area contributed by atoms with Crippen LogP contribution >= 0.6 is 15.9 Å². The summed E-state index contributed by atoms with van der Waals surface area (Å²) in [7, 11) is 0. The molecule has 0 unspecified atom stereocenters. The first kappa shape index (κ1) is 27.4. The third-order valence-electron chi connectivity index (χ3n) is 7.40.